The number of aryl methyl sites for hydroxylation is 2. The van der Waals surface area contributed by atoms with E-state index in [1.165, 1.54) is 0 Å². The molecule has 0 unspecified atom stereocenters. The van der Waals surface area contributed by atoms with Gasteiger partial charge in [-0.1, -0.05) is 6.07 Å². The molecule has 1 aromatic carbocycles. The van der Waals surface area contributed by atoms with Crippen LogP contribution in [0.3, 0.4) is 0 Å². The molecular formula is C13H18N2O3. The molecule has 5 nitrogen and oxygen atoms in total. The SMILES string of the molecule is Cc1cc(C)c(OC[C@H]2CCCN2)c([N+](=O)[O-])c1. The molecule has 0 amide bonds. The largest absolute Gasteiger partial charge is 0.485 e. The van der Waals surface area contributed by atoms with E-state index in [2.05, 4.69) is 5.32 Å². The number of hydrogen-bond donors (Lipinski definition) is 1. The summed E-state index contributed by atoms with van der Waals surface area (Å²) in [5.74, 6) is 0.402. The van der Waals surface area contributed by atoms with E-state index in [0.29, 0.717) is 18.4 Å². The van der Waals surface area contributed by atoms with Crippen molar-refractivity contribution in [1.29, 1.82) is 0 Å². The molecule has 1 saturated heterocycles. The minimum Gasteiger partial charge on any atom is -0.485 e. The van der Waals surface area contributed by atoms with Crippen LogP contribution in [0.2, 0.25) is 0 Å². The predicted molar refractivity (Wildman–Crippen MR) is 69.1 cm³/mol. The van der Waals surface area contributed by atoms with Gasteiger partial charge in [0.15, 0.2) is 5.75 Å². The van der Waals surface area contributed by atoms with Crippen molar-refractivity contribution in [3.8, 4) is 5.75 Å². The lowest BCUT2D eigenvalue weighted by atomic mass is 10.1. The van der Waals surface area contributed by atoms with Gasteiger partial charge in [0.2, 0.25) is 0 Å². The number of hydrogen-bond acceptors (Lipinski definition) is 4. The highest BCUT2D eigenvalue weighted by Crippen LogP contribution is 2.32. The Morgan fingerprint density at radius 1 is 1.50 bits per heavy atom. The average molecular weight is 250 g/mol. The number of benzene rings is 1. The number of nitrogens with one attached hydrogen (secondary N) is 1. The van der Waals surface area contributed by atoms with Crippen molar-refractivity contribution < 1.29 is 9.66 Å². The van der Waals surface area contributed by atoms with Gasteiger partial charge in [-0.25, -0.2) is 0 Å². The van der Waals surface area contributed by atoms with Gasteiger partial charge in [0.25, 0.3) is 0 Å². The number of nitro benzene ring substituents is 1. The summed E-state index contributed by atoms with van der Waals surface area (Å²) < 4.78 is 5.66. The van der Waals surface area contributed by atoms with E-state index in [0.717, 1.165) is 30.5 Å². The fourth-order valence-electron chi connectivity index (χ4n) is 2.34. The first-order valence-electron chi connectivity index (χ1n) is 6.19. The van der Waals surface area contributed by atoms with Crippen LogP contribution in [0.15, 0.2) is 12.1 Å². The molecule has 1 heterocycles. The summed E-state index contributed by atoms with van der Waals surface area (Å²) in [6.45, 7) is 5.19. The van der Waals surface area contributed by atoms with Crippen LogP contribution in [0.1, 0.15) is 24.0 Å². The second-order valence-electron chi connectivity index (χ2n) is 4.79. The predicted octanol–water partition coefficient (Wildman–Crippen LogP) is 2.34. The first-order chi connectivity index (χ1) is 8.58. The first kappa shape index (κ1) is 12.8. The van der Waals surface area contributed by atoms with Crippen LogP contribution in [-0.4, -0.2) is 24.1 Å². The van der Waals surface area contributed by atoms with Crippen LogP contribution in [0, 0.1) is 24.0 Å². The Labute approximate surface area is 106 Å². The summed E-state index contributed by atoms with van der Waals surface area (Å²) in [6.07, 6.45) is 2.21. The van der Waals surface area contributed by atoms with Gasteiger partial charge >= 0.3 is 5.69 Å². The van der Waals surface area contributed by atoms with Crippen molar-refractivity contribution in [3.63, 3.8) is 0 Å². The average Bonchev–Trinajstić information content (AvgIpc) is 2.79. The Hall–Kier alpha value is -1.62. The van der Waals surface area contributed by atoms with Gasteiger partial charge in [0.1, 0.15) is 6.61 Å². The van der Waals surface area contributed by atoms with Crippen LogP contribution in [0.4, 0.5) is 5.69 Å². The van der Waals surface area contributed by atoms with Crippen LogP contribution in [-0.2, 0) is 0 Å². The Morgan fingerprint density at radius 3 is 2.89 bits per heavy atom. The van der Waals surface area contributed by atoms with E-state index in [1.807, 2.05) is 19.9 Å². The Balaban J connectivity index is 2.17. The molecule has 1 N–H and O–H groups in total. The fraction of sp³-hybridized carbons (Fsp3) is 0.538. The third kappa shape index (κ3) is 2.79. The van der Waals surface area contributed by atoms with Crippen molar-refractivity contribution in [2.24, 2.45) is 0 Å². The molecule has 5 heteroatoms. The molecule has 1 atom stereocenters. The van der Waals surface area contributed by atoms with Gasteiger partial charge in [-0.05, 0) is 44.4 Å². The van der Waals surface area contributed by atoms with Gasteiger partial charge in [-0.3, -0.25) is 10.1 Å². The standard InChI is InChI=1S/C13H18N2O3/c1-9-6-10(2)13(12(7-9)15(16)17)18-8-11-4-3-5-14-11/h6-7,11,14H,3-5,8H2,1-2H3/t11-/m1/s1. The third-order valence-corrected chi connectivity index (χ3v) is 3.19. The van der Waals surface area contributed by atoms with E-state index in [9.17, 15) is 10.1 Å². The molecular weight excluding hydrogens is 232 g/mol. The highest BCUT2D eigenvalue weighted by molar-refractivity contribution is 5.53. The zero-order chi connectivity index (χ0) is 13.1. The van der Waals surface area contributed by atoms with Crippen LogP contribution in [0.25, 0.3) is 0 Å². The maximum absolute atomic E-state index is 11.0. The Bertz CT molecular complexity index is 454. The van der Waals surface area contributed by atoms with Crippen LogP contribution >= 0.6 is 0 Å². The van der Waals surface area contributed by atoms with Crippen LogP contribution in [0.5, 0.6) is 5.75 Å². The van der Waals surface area contributed by atoms with Crippen molar-refractivity contribution >= 4 is 5.69 Å². The number of ether oxygens (including phenoxy) is 1. The van der Waals surface area contributed by atoms with Gasteiger partial charge < -0.3 is 10.1 Å². The van der Waals surface area contributed by atoms with Gasteiger partial charge in [0, 0.05) is 12.1 Å². The van der Waals surface area contributed by atoms with E-state index < -0.39 is 0 Å². The summed E-state index contributed by atoms with van der Waals surface area (Å²) in [7, 11) is 0. The molecule has 0 aliphatic carbocycles. The lowest BCUT2D eigenvalue weighted by Crippen LogP contribution is -2.28. The van der Waals surface area contributed by atoms with E-state index in [4.69, 9.17) is 4.74 Å². The van der Waals surface area contributed by atoms with Gasteiger partial charge in [-0.15, -0.1) is 0 Å². The lowest BCUT2D eigenvalue weighted by Gasteiger charge is -2.14. The van der Waals surface area contributed by atoms with E-state index in [1.54, 1.807) is 6.07 Å². The maximum Gasteiger partial charge on any atom is 0.311 e. The molecule has 18 heavy (non-hydrogen) atoms. The zero-order valence-corrected chi connectivity index (χ0v) is 10.7. The monoisotopic (exact) mass is 250 g/mol. The van der Waals surface area contributed by atoms with Crippen LogP contribution < -0.4 is 10.1 Å². The molecule has 1 aliphatic heterocycles. The lowest BCUT2D eigenvalue weighted by molar-refractivity contribution is -0.386. The van der Waals surface area contributed by atoms with E-state index >= 15 is 0 Å². The summed E-state index contributed by atoms with van der Waals surface area (Å²) in [5, 5.41) is 14.3. The molecule has 1 aliphatic rings. The van der Waals surface area contributed by atoms with Crippen molar-refractivity contribution in [2.75, 3.05) is 13.2 Å². The third-order valence-electron chi connectivity index (χ3n) is 3.19. The van der Waals surface area contributed by atoms with E-state index in [-0.39, 0.29) is 10.6 Å². The maximum atomic E-state index is 11.0. The molecule has 0 aromatic heterocycles. The fourth-order valence-corrected chi connectivity index (χ4v) is 2.34. The molecule has 1 aromatic rings. The topological polar surface area (TPSA) is 64.4 Å². The smallest absolute Gasteiger partial charge is 0.311 e. The molecule has 0 spiro atoms. The zero-order valence-electron chi connectivity index (χ0n) is 10.7. The molecule has 98 valence electrons. The summed E-state index contributed by atoms with van der Waals surface area (Å²) >= 11 is 0. The second kappa shape index (κ2) is 5.35. The highest BCUT2D eigenvalue weighted by Gasteiger charge is 2.21. The molecule has 0 radical (unpaired) electrons. The summed E-state index contributed by atoms with van der Waals surface area (Å²) in [6, 6.07) is 3.78. The Morgan fingerprint density at radius 2 is 2.28 bits per heavy atom. The van der Waals surface area contributed by atoms with Crippen molar-refractivity contribution in [2.45, 2.75) is 32.7 Å². The molecule has 1 fully saturated rings. The quantitative estimate of drug-likeness (QED) is 0.658. The second-order valence-corrected chi connectivity index (χ2v) is 4.79. The normalized spacial score (nSPS) is 18.9. The molecule has 0 bridgehead atoms. The first-order valence-corrected chi connectivity index (χ1v) is 6.19. The summed E-state index contributed by atoms with van der Waals surface area (Å²) in [4.78, 5) is 10.7. The number of nitro groups is 1. The number of rotatable bonds is 4. The molecule has 0 saturated carbocycles. The van der Waals surface area contributed by atoms with Crippen molar-refractivity contribution in [1.82, 2.24) is 5.32 Å². The Kier molecular flexibility index (Phi) is 3.81. The highest BCUT2D eigenvalue weighted by atomic mass is 16.6. The molecule has 2 rings (SSSR count). The van der Waals surface area contributed by atoms with Gasteiger partial charge in [-0.2, -0.15) is 0 Å². The summed E-state index contributed by atoms with van der Waals surface area (Å²) in [5.41, 5.74) is 1.76. The minimum atomic E-state index is -0.378. The minimum absolute atomic E-state index is 0.0606. The van der Waals surface area contributed by atoms with Gasteiger partial charge in [0.05, 0.1) is 4.92 Å². The number of nitrogens with zero attached hydrogens (tertiary/aromatic N) is 1. The van der Waals surface area contributed by atoms with Crippen molar-refractivity contribution in [3.05, 3.63) is 33.4 Å².